The Labute approximate surface area is 120 Å². The fraction of sp³-hybridized carbons (Fsp3) is 0.143. The summed E-state index contributed by atoms with van der Waals surface area (Å²) in [4.78, 5) is 18.5. The van der Waals surface area contributed by atoms with E-state index in [2.05, 4.69) is 15.3 Å². The Morgan fingerprint density at radius 2 is 2.20 bits per heavy atom. The molecule has 0 spiro atoms. The molecule has 0 saturated heterocycles. The van der Waals surface area contributed by atoms with Crippen molar-refractivity contribution in [3.05, 3.63) is 40.1 Å². The summed E-state index contributed by atoms with van der Waals surface area (Å²) in [6, 6.07) is 5.05. The third-order valence-corrected chi connectivity index (χ3v) is 3.71. The number of carbonyl (C=O) groups is 1. The van der Waals surface area contributed by atoms with E-state index in [9.17, 15) is 4.79 Å². The first-order valence-electron chi connectivity index (χ1n) is 5.67. The molecule has 0 amide bonds. The molecule has 0 atom stereocenters. The quantitative estimate of drug-likeness (QED) is 0.680. The maximum atomic E-state index is 11.1. The topological polar surface area (TPSA) is 78.0 Å². The summed E-state index contributed by atoms with van der Waals surface area (Å²) in [5, 5.41) is 16.3. The highest BCUT2D eigenvalue weighted by Crippen LogP contribution is 2.25. The van der Waals surface area contributed by atoms with E-state index in [-0.39, 0.29) is 13.0 Å². The Balaban J connectivity index is 0.00000147. The summed E-state index contributed by atoms with van der Waals surface area (Å²) < 4.78 is 0. The first-order valence-corrected chi connectivity index (χ1v) is 6.61. The van der Waals surface area contributed by atoms with Crippen LogP contribution in [0, 0.1) is 6.92 Å². The summed E-state index contributed by atoms with van der Waals surface area (Å²) in [6.45, 7) is 2.00. The minimum atomic E-state index is -0.977. The van der Waals surface area contributed by atoms with Gasteiger partial charge in [-0.3, -0.25) is 0 Å². The standard InChI is InChI=1S/C13H11N3O2S.CH4/c1-7-5-19-6-10(7)15-13-14-9-4-2-3-8(12(17)18)11(9)16-13;/h2-6H,1H3,(H,17,18)(H2,14,15,16);1H4. The lowest BCUT2D eigenvalue weighted by Crippen LogP contribution is -1.97. The zero-order valence-electron chi connectivity index (χ0n) is 10.1. The molecule has 104 valence electrons. The van der Waals surface area contributed by atoms with E-state index in [0.717, 1.165) is 11.3 Å². The minimum Gasteiger partial charge on any atom is -0.478 e. The Bertz CT molecular complexity index is 761. The van der Waals surface area contributed by atoms with Crippen LogP contribution in [0.4, 0.5) is 11.6 Å². The average molecular weight is 289 g/mol. The maximum absolute atomic E-state index is 11.1. The monoisotopic (exact) mass is 289 g/mol. The number of carboxylic acid groups (broad SMARTS) is 1. The largest absolute Gasteiger partial charge is 0.478 e. The lowest BCUT2D eigenvalue weighted by atomic mass is 10.2. The molecule has 0 radical (unpaired) electrons. The second-order valence-corrected chi connectivity index (χ2v) is 4.93. The number of benzene rings is 1. The van der Waals surface area contributed by atoms with E-state index < -0.39 is 5.97 Å². The van der Waals surface area contributed by atoms with Crippen molar-refractivity contribution in [3.63, 3.8) is 0 Å². The van der Waals surface area contributed by atoms with Gasteiger partial charge in [-0.25, -0.2) is 9.78 Å². The molecule has 0 unspecified atom stereocenters. The maximum Gasteiger partial charge on any atom is 0.337 e. The molecule has 20 heavy (non-hydrogen) atoms. The van der Waals surface area contributed by atoms with Gasteiger partial charge in [-0.05, 0) is 30.0 Å². The van der Waals surface area contributed by atoms with Gasteiger partial charge in [0.05, 0.1) is 16.8 Å². The Hall–Kier alpha value is -2.34. The van der Waals surface area contributed by atoms with Crippen LogP contribution in [0.5, 0.6) is 0 Å². The zero-order chi connectivity index (χ0) is 13.4. The van der Waals surface area contributed by atoms with E-state index in [1.165, 1.54) is 0 Å². The van der Waals surface area contributed by atoms with Gasteiger partial charge in [0.2, 0.25) is 5.95 Å². The van der Waals surface area contributed by atoms with Crippen LogP contribution in [-0.4, -0.2) is 21.0 Å². The number of imidazole rings is 1. The van der Waals surface area contributed by atoms with Crippen LogP contribution in [0.3, 0.4) is 0 Å². The summed E-state index contributed by atoms with van der Waals surface area (Å²) in [5.41, 5.74) is 3.47. The summed E-state index contributed by atoms with van der Waals surface area (Å²) >= 11 is 1.60. The number of hydrogen-bond acceptors (Lipinski definition) is 4. The highest BCUT2D eigenvalue weighted by molar-refractivity contribution is 7.08. The Morgan fingerprint density at radius 3 is 2.85 bits per heavy atom. The highest BCUT2D eigenvalue weighted by atomic mass is 32.1. The summed E-state index contributed by atoms with van der Waals surface area (Å²) in [6.07, 6.45) is 0. The second-order valence-electron chi connectivity index (χ2n) is 4.19. The molecule has 2 aromatic heterocycles. The number of thiophene rings is 1. The van der Waals surface area contributed by atoms with Crippen LogP contribution in [0.25, 0.3) is 11.0 Å². The van der Waals surface area contributed by atoms with Gasteiger partial charge in [0.1, 0.15) is 5.52 Å². The molecule has 0 aliphatic carbocycles. The van der Waals surface area contributed by atoms with Crippen molar-refractivity contribution >= 4 is 40.0 Å². The smallest absolute Gasteiger partial charge is 0.337 e. The molecule has 0 aliphatic rings. The molecule has 2 heterocycles. The van der Waals surface area contributed by atoms with E-state index in [0.29, 0.717) is 17.0 Å². The van der Waals surface area contributed by atoms with Crippen LogP contribution in [-0.2, 0) is 0 Å². The number of anilines is 2. The summed E-state index contributed by atoms with van der Waals surface area (Å²) in [5.74, 6) is -0.430. The number of aromatic amines is 1. The zero-order valence-corrected chi connectivity index (χ0v) is 10.9. The van der Waals surface area contributed by atoms with E-state index >= 15 is 0 Å². The predicted molar refractivity (Wildman–Crippen MR) is 82.1 cm³/mol. The van der Waals surface area contributed by atoms with Crippen molar-refractivity contribution in [2.45, 2.75) is 14.4 Å². The number of aryl methyl sites for hydroxylation is 1. The number of aromatic carboxylic acids is 1. The molecule has 0 aliphatic heterocycles. The number of nitrogens with one attached hydrogen (secondary N) is 2. The normalized spacial score (nSPS) is 10.2. The van der Waals surface area contributed by atoms with E-state index in [1.54, 1.807) is 29.5 Å². The van der Waals surface area contributed by atoms with Crippen molar-refractivity contribution in [1.29, 1.82) is 0 Å². The third-order valence-electron chi connectivity index (χ3n) is 2.85. The SMILES string of the molecule is C.Cc1cscc1Nc1nc2c(C(=O)O)cccc2[nH]1. The molecule has 0 bridgehead atoms. The molecule has 1 aromatic carbocycles. The van der Waals surface area contributed by atoms with Crippen molar-refractivity contribution in [1.82, 2.24) is 9.97 Å². The van der Waals surface area contributed by atoms with Crippen LogP contribution in [0.1, 0.15) is 23.3 Å². The third kappa shape index (κ3) is 2.37. The molecule has 3 aromatic rings. The van der Waals surface area contributed by atoms with Crippen molar-refractivity contribution < 1.29 is 9.90 Å². The number of para-hydroxylation sites is 1. The number of fused-ring (bicyclic) bond motifs is 1. The number of hydrogen-bond donors (Lipinski definition) is 3. The van der Waals surface area contributed by atoms with E-state index in [4.69, 9.17) is 5.11 Å². The fourth-order valence-corrected chi connectivity index (χ4v) is 2.66. The second kappa shape index (κ2) is 5.34. The first-order chi connectivity index (χ1) is 9.15. The lowest BCUT2D eigenvalue weighted by Gasteiger charge is -1.99. The van der Waals surface area contributed by atoms with Gasteiger partial charge in [-0.2, -0.15) is 0 Å². The Morgan fingerprint density at radius 1 is 1.40 bits per heavy atom. The number of aromatic nitrogens is 2. The van der Waals surface area contributed by atoms with Crippen LogP contribution in [0.2, 0.25) is 0 Å². The van der Waals surface area contributed by atoms with Crippen molar-refractivity contribution in [2.75, 3.05) is 5.32 Å². The number of nitrogens with zero attached hydrogens (tertiary/aromatic N) is 1. The van der Waals surface area contributed by atoms with Crippen molar-refractivity contribution in [2.24, 2.45) is 0 Å². The molecule has 3 N–H and O–H groups in total. The fourth-order valence-electron chi connectivity index (χ4n) is 1.88. The molecule has 3 rings (SSSR count). The number of H-pyrrole nitrogens is 1. The minimum absolute atomic E-state index is 0. The molecule has 6 heteroatoms. The van der Waals surface area contributed by atoms with Gasteiger partial charge in [0.25, 0.3) is 0 Å². The van der Waals surface area contributed by atoms with Crippen LogP contribution in [0.15, 0.2) is 29.0 Å². The average Bonchev–Trinajstić information content (AvgIpc) is 2.95. The summed E-state index contributed by atoms with van der Waals surface area (Å²) in [7, 11) is 0. The highest BCUT2D eigenvalue weighted by Gasteiger charge is 2.12. The number of carboxylic acids is 1. The van der Waals surface area contributed by atoms with Gasteiger partial charge < -0.3 is 15.4 Å². The lowest BCUT2D eigenvalue weighted by molar-refractivity contribution is 0.0699. The van der Waals surface area contributed by atoms with Gasteiger partial charge in [-0.15, -0.1) is 11.3 Å². The van der Waals surface area contributed by atoms with Crippen LogP contribution >= 0.6 is 11.3 Å². The predicted octanol–water partition coefficient (Wildman–Crippen LogP) is 4.01. The molecule has 5 nitrogen and oxygen atoms in total. The number of rotatable bonds is 3. The van der Waals surface area contributed by atoms with Gasteiger partial charge in [-0.1, -0.05) is 13.5 Å². The molecule has 0 fully saturated rings. The molecular weight excluding hydrogens is 274 g/mol. The van der Waals surface area contributed by atoms with Gasteiger partial charge >= 0.3 is 5.97 Å². The van der Waals surface area contributed by atoms with Crippen LogP contribution < -0.4 is 5.32 Å². The Kier molecular flexibility index (Phi) is 3.76. The first kappa shape index (κ1) is 14.1. The van der Waals surface area contributed by atoms with Gasteiger partial charge in [0.15, 0.2) is 0 Å². The van der Waals surface area contributed by atoms with Gasteiger partial charge in [0, 0.05) is 5.38 Å². The molecule has 0 saturated carbocycles. The van der Waals surface area contributed by atoms with E-state index in [1.807, 2.05) is 17.7 Å². The molecular formula is C14H15N3O2S. The van der Waals surface area contributed by atoms with Crippen molar-refractivity contribution in [3.8, 4) is 0 Å².